The highest BCUT2D eigenvalue weighted by molar-refractivity contribution is 5.73. The van der Waals surface area contributed by atoms with Crippen molar-refractivity contribution in [2.24, 2.45) is 11.8 Å². The van der Waals surface area contributed by atoms with Gasteiger partial charge in [-0.15, -0.1) is 0 Å². The van der Waals surface area contributed by atoms with Crippen molar-refractivity contribution in [3.63, 3.8) is 0 Å². The molecule has 0 spiro atoms. The molecule has 0 radical (unpaired) electrons. The highest BCUT2D eigenvalue weighted by Crippen LogP contribution is 2.19. The standard InChI is InChI=1S/C10H19NO3.C5H11NO.C2HF3O2/c1-7-5-11(6-8(7)12)9(13)14-10(2,3)4;1-4-2-6-3-5(4)7;3-2(4,5)1(6)7/h7-8,12H,5-6H2,1-4H3;4-7H,2-3H2,1H3;(H,6,7). The van der Waals surface area contributed by atoms with Crippen LogP contribution in [-0.2, 0) is 9.53 Å². The Bertz CT molecular complexity index is 492. The van der Waals surface area contributed by atoms with Crippen LogP contribution in [-0.4, -0.2) is 82.4 Å². The molecule has 0 saturated carbocycles. The second kappa shape index (κ2) is 10.8. The van der Waals surface area contributed by atoms with E-state index in [4.69, 9.17) is 19.7 Å². The smallest absolute Gasteiger partial charge is 0.475 e. The zero-order valence-corrected chi connectivity index (χ0v) is 16.8. The summed E-state index contributed by atoms with van der Waals surface area (Å²) in [5.74, 6) is -2.16. The van der Waals surface area contributed by atoms with E-state index in [-0.39, 0.29) is 18.1 Å². The first-order chi connectivity index (χ1) is 12.5. The molecular formula is C17H31F3N2O6. The van der Waals surface area contributed by atoms with Crippen LogP contribution in [0.15, 0.2) is 0 Å². The van der Waals surface area contributed by atoms with Crippen molar-refractivity contribution in [3.05, 3.63) is 0 Å². The lowest BCUT2D eigenvalue weighted by atomic mass is 10.1. The van der Waals surface area contributed by atoms with Crippen molar-refractivity contribution >= 4 is 12.1 Å². The lowest BCUT2D eigenvalue weighted by Gasteiger charge is -2.24. The number of nitrogens with one attached hydrogen (secondary N) is 1. The number of rotatable bonds is 0. The number of aliphatic hydroxyl groups excluding tert-OH is 2. The Hall–Kier alpha value is -1.59. The fourth-order valence-electron chi connectivity index (χ4n) is 2.22. The summed E-state index contributed by atoms with van der Waals surface area (Å²) in [5, 5.41) is 28.6. The van der Waals surface area contributed by atoms with E-state index < -0.39 is 23.9 Å². The average Bonchev–Trinajstić information content (AvgIpc) is 3.04. The lowest BCUT2D eigenvalue weighted by Crippen LogP contribution is -2.35. The maximum Gasteiger partial charge on any atom is 0.490 e. The third-order valence-electron chi connectivity index (χ3n) is 3.94. The van der Waals surface area contributed by atoms with Gasteiger partial charge < -0.3 is 30.3 Å². The van der Waals surface area contributed by atoms with Gasteiger partial charge >= 0.3 is 18.2 Å². The van der Waals surface area contributed by atoms with Gasteiger partial charge in [-0.2, -0.15) is 13.2 Å². The van der Waals surface area contributed by atoms with E-state index in [9.17, 15) is 23.1 Å². The van der Waals surface area contributed by atoms with E-state index >= 15 is 0 Å². The van der Waals surface area contributed by atoms with Crippen molar-refractivity contribution in [1.29, 1.82) is 0 Å². The molecule has 4 atom stereocenters. The quantitative estimate of drug-likeness (QED) is 0.472. The van der Waals surface area contributed by atoms with Crippen LogP contribution in [0.3, 0.4) is 0 Å². The summed E-state index contributed by atoms with van der Waals surface area (Å²) < 4.78 is 36.9. The molecule has 11 heteroatoms. The predicted octanol–water partition coefficient (Wildman–Crippen LogP) is 1.45. The topological polar surface area (TPSA) is 119 Å². The van der Waals surface area contributed by atoms with Crippen molar-refractivity contribution in [2.75, 3.05) is 26.2 Å². The van der Waals surface area contributed by atoms with Crippen molar-refractivity contribution in [2.45, 2.75) is 58.6 Å². The fourth-order valence-corrected chi connectivity index (χ4v) is 2.22. The maximum atomic E-state index is 11.5. The number of halogens is 3. The van der Waals surface area contributed by atoms with E-state index in [1.54, 1.807) is 4.90 Å². The Morgan fingerprint density at radius 1 is 1.00 bits per heavy atom. The monoisotopic (exact) mass is 416 g/mol. The summed E-state index contributed by atoms with van der Waals surface area (Å²) in [6.07, 6.45) is -5.93. The number of likely N-dealkylation sites (tertiary alicyclic amines) is 1. The van der Waals surface area contributed by atoms with Crippen LogP contribution in [0.4, 0.5) is 18.0 Å². The Labute approximate surface area is 162 Å². The van der Waals surface area contributed by atoms with Gasteiger partial charge in [0.2, 0.25) is 0 Å². The van der Waals surface area contributed by atoms with Crippen LogP contribution >= 0.6 is 0 Å². The van der Waals surface area contributed by atoms with Crippen molar-refractivity contribution in [3.8, 4) is 0 Å². The molecule has 0 aromatic heterocycles. The van der Waals surface area contributed by atoms with Gasteiger partial charge in [-0.05, 0) is 26.7 Å². The molecule has 0 aromatic rings. The minimum Gasteiger partial charge on any atom is -0.475 e. The fraction of sp³-hybridized carbons (Fsp3) is 0.882. The first kappa shape index (κ1) is 26.4. The van der Waals surface area contributed by atoms with Crippen LogP contribution in [0.1, 0.15) is 34.6 Å². The zero-order valence-electron chi connectivity index (χ0n) is 16.8. The van der Waals surface area contributed by atoms with Crippen LogP contribution in [0, 0.1) is 11.8 Å². The van der Waals surface area contributed by atoms with Gasteiger partial charge in [0, 0.05) is 25.6 Å². The zero-order chi connectivity index (χ0) is 22.3. The molecule has 2 fully saturated rings. The van der Waals surface area contributed by atoms with Gasteiger partial charge in [0.05, 0.1) is 18.8 Å². The minimum atomic E-state index is -5.08. The molecule has 2 rings (SSSR count). The first-order valence-electron chi connectivity index (χ1n) is 8.89. The number of amides is 1. The van der Waals surface area contributed by atoms with E-state index in [0.29, 0.717) is 19.0 Å². The van der Waals surface area contributed by atoms with Gasteiger partial charge in [0.1, 0.15) is 5.60 Å². The second-order valence-electron chi connectivity index (χ2n) is 7.94. The normalized spacial score (nSPS) is 27.3. The number of carboxylic acid groups (broad SMARTS) is 1. The third-order valence-corrected chi connectivity index (χ3v) is 3.94. The Morgan fingerprint density at radius 2 is 1.50 bits per heavy atom. The molecule has 1 amide bonds. The summed E-state index contributed by atoms with van der Waals surface area (Å²) in [6, 6.07) is 0. The van der Waals surface area contributed by atoms with E-state index in [1.807, 2.05) is 34.6 Å². The molecular weight excluding hydrogens is 385 g/mol. The Balaban J connectivity index is 0.000000437. The van der Waals surface area contributed by atoms with Crippen molar-refractivity contribution < 1.29 is 42.8 Å². The Kier molecular flexibility index (Phi) is 10.2. The number of hydrogen-bond acceptors (Lipinski definition) is 6. The number of aliphatic carboxylic acids is 1. The lowest BCUT2D eigenvalue weighted by molar-refractivity contribution is -0.192. The van der Waals surface area contributed by atoms with Crippen LogP contribution in [0.5, 0.6) is 0 Å². The summed E-state index contributed by atoms with van der Waals surface area (Å²) in [4.78, 5) is 22.0. The van der Waals surface area contributed by atoms with E-state index in [1.165, 1.54) is 0 Å². The van der Waals surface area contributed by atoms with Gasteiger partial charge in [0.25, 0.3) is 0 Å². The molecule has 4 unspecified atom stereocenters. The van der Waals surface area contributed by atoms with Gasteiger partial charge in [0.15, 0.2) is 0 Å². The number of carbonyl (C=O) groups excluding carboxylic acids is 1. The molecule has 166 valence electrons. The molecule has 0 bridgehead atoms. The molecule has 0 aliphatic carbocycles. The summed E-state index contributed by atoms with van der Waals surface area (Å²) >= 11 is 0. The van der Waals surface area contributed by atoms with Gasteiger partial charge in [-0.1, -0.05) is 13.8 Å². The average molecular weight is 416 g/mol. The maximum absolute atomic E-state index is 11.5. The molecule has 8 nitrogen and oxygen atoms in total. The molecule has 4 N–H and O–H groups in total. The Morgan fingerprint density at radius 3 is 1.71 bits per heavy atom. The van der Waals surface area contributed by atoms with E-state index in [2.05, 4.69) is 5.32 Å². The number of ether oxygens (including phenoxy) is 1. The highest BCUT2D eigenvalue weighted by Gasteiger charge is 2.38. The third kappa shape index (κ3) is 10.7. The molecule has 28 heavy (non-hydrogen) atoms. The highest BCUT2D eigenvalue weighted by atomic mass is 19.4. The molecule has 2 heterocycles. The number of nitrogens with zero attached hydrogens (tertiary/aromatic N) is 1. The van der Waals surface area contributed by atoms with Crippen molar-refractivity contribution in [1.82, 2.24) is 10.2 Å². The van der Waals surface area contributed by atoms with Gasteiger partial charge in [-0.3, -0.25) is 0 Å². The second-order valence-corrected chi connectivity index (χ2v) is 7.94. The number of aliphatic hydroxyl groups is 2. The number of carbonyl (C=O) groups is 2. The molecule has 0 aromatic carbocycles. The summed E-state index contributed by atoms with van der Waals surface area (Å²) in [7, 11) is 0. The van der Waals surface area contributed by atoms with Crippen LogP contribution in [0.25, 0.3) is 0 Å². The number of hydrogen-bond donors (Lipinski definition) is 4. The molecule has 2 saturated heterocycles. The van der Waals surface area contributed by atoms with Gasteiger partial charge in [-0.25, -0.2) is 9.59 Å². The minimum absolute atomic E-state index is 0.0972. The SMILES string of the molecule is CC1CN(C(=O)OC(C)(C)C)CC1O.CC1CNCC1O.O=C(O)C(F)(F)F. The first-order valence-corrected chi connectivity index (χ1v) is 8.89. The predicted molar refractivity (Wildman–Crippen MR) is 94.7 cm³/mol. The largest absolute Gasteiger partial charge is 0.490 e. The van der Waals surface area contributed by atoms with Crippen LogP contribution in [0.2, 0.25) is 0 Å². The van der Waals surface area contributed by atoms with E-state index in [0.717, 1.165) is 13.1 Å². The molecule has 2 aliphatic rings. The summed E-state index contributed by atoms with van der Waals surface area (Å²) in [6.45, 7) is 12.2. The molecule has 2 aliphatic heterocycles. The van der Waals surface area contributed by atoms with Crippen LogP contribution < -0.4 is 5.32 Å². The number of alkyl halides is 3. The summed E-state index contributed by atoms with van der Waals surface area (Å²) in [5.41, 5.74) is -0.464. The number of carboxylic acids is 1. The number of β-amino-alcohol motifs (C(OH)–C–C–N with tert-alkyl or cyclic N) is 2.